The lowest BCUT2D eigenvalue weighted by molar-refractivity contribution is 0.372. The standard InChI is InChI=1S/C7H10N2O2S/c10-7-8-6(11-9-7)4-5-2-1-3-12-5/h5H,1-4H2,(H,9,10). The van der Waals surface area contributed by atoms with E-state index < -0.39 is 0 Å². The van der Waals surface area contributed by atoms with E-state index >= 15 is 0 Å². The van der Waals surface area contributed by atoms with E-state index in [0.717, 1.165) is 6.42 Å². The highest BCUT2D eigenvalue weighted by molar-refractivity contribution is 8.00. The maximum atomic E-state index is 10.6. The lowest BCUT2D eigenvalue weighted by Gasteiger charge is -2.01. The van der Waals surface area contributed by atoms with Crippen LogP contribution >= 0.6 is 11.8 Å². The monoisotopic (exact) mass is 186 g/mol. The van der Waals surface area contributed by atoms with Crippen LogP contribution in [-0.4, -0.2) is 21.1 Å². The molecule has 2 rings (SSSR count). The van der Waals surface area contributed by atoms with Gasteiger partial charge in [0.25, 0.3) is 0 Å². The molecule has 5 heteroatoms. The van der Waals surface area contributed by atoms with Gasteiger partial charge in [0.1, 0.15) is 0 Å². The first-order chi connectivity index (χ1) is 5.84. The first kappa shape index (κ1) is 7.91. The van der Waals surface area contributed by atoms with Crippen molar-refractivity contribution in [1.82, 2.24) is 10.1 Å². The third-order valence-corrected chi connectivity index (χ3v) is 3.31. The molecule has 0 amide bonds. The van der Waals surface area contributed by atoms with Gasteiger partial charge < -0.3 is 4.52 Å². The number of nitrogens with one attached hydrogen (secondary N) is 1. The summed E-state index contributed by atoms with van der Waals surface area (Å²) in [5.41, 5.74) is -0.381. The van der Waals surface area contributed by atoms with Crippen LogP contribution in [0.4, 0.5) is 0 Å². The van der Waals surface area contributed by atoms with Crippen LogP contribution in [0.5, 0.6) is 0 Å². The molecule has 0 aromatic carbocycles. The molecular formula is C7H10N2O2S. The Morgan fingerprint density at radius 3 is 3.25 bits per heavy atom. The molecule has 1 aromatic heterocycles. The maximum absolute atomic E-state index is 10.6. The van der Waals surface area contributed by atoms with Crippen molar-refractivity contribution >= 4 is 11.8 Å². The van der Waals surface area contributed by atoms with Crippen molar-refractivity contribution in [2.24, 2.45) is 0 Å². The van der Waals surface area contributed by atoms with Gasteiger partial charge in [-0.05, 0) is 18.6 Å². The Hall–Kier alpha value is -0.710. The second kappa shape index (κ2) is 3.35. The Bertz CT molecular complexity index is 300. The molecule has 0 aliphatic carbocycles. The van der Waals surface area contributed by atoms with Crippen LogP contribution in [0.2, 0.25) is 0 Å². The van der Waals surface area contributed by atoms with E-state index in [-0.39, 0.29) is 5.69 Å². The lowest BCUT2D eigenvalue weighted by atomic mass is 10.2. The average Bonchev–Trinajstić information content (AvgIpc) is 2.63. The van der Waals surface area contributed by atoms with E-state index in [1.54, 1.807) is 0 Å². The second-order valence-electron chi connectivity index (χ2n) is 2.85. The quantitative estimate of drug-likeness (QED) is 0.742. The minimum Gasteiger partial charge on any atom is -0.362 e. The minimum atomic E-state index is -0.381. The predicted molar refractivity (Wildman–Crippen MR) is 46.3 cm³/mol. The molecule has 1 N–H and O–H groups in total. The minimum absolute atomic E-state index is 0.381. The van der Waals surface area contributed by atoms with E-state index in [2.05, 4.69) is 10.1 Å². The van der Waals surface area contributed by atoms with Crippen LogP contribution in [0.25, 0.3) is 0 Å². The lowest BCUT2D eigenvalue weighted by Crippen LogP contribution is -2.05. The van der Waals surface area contributed by atoms with Crippen LogP contribution in [0.15, 0.2) is 9.32 Å². The number of hydrogen-bond donors (Lipinski definition) is 1. The number of H-pyrrole nitrogens is 1. The van der Waals surface area contributed by atoms with Gasteiger partial charge >= 0.3 is 5.69 Å². The van der Waals surface area contributed by atoms with E-state index in [1.165, 1.54) is 18.6 Å². The number of hydrogen-bond acceptors (Lipinski definition) is 4. The summed E-state index contributed by atoms with van der Waals surface area (Å²) in [5.74, 6) is 1.76. The van der Waals surface area contributed by atoms with Gasteiger partial charge in [-0.1, -0.05) is 0 Å². The molecule has 1 atom stereocenters. The maximum Gasteiger partial charge on any atom is 0.377 e. The highest BCUT2D eigenvalue weighted by Crippen LogP contribution is 2.28. The number of thioether (sulfide) groups is 1. The predicted octanol–water partition coefficient (Wildman–Crippen LogP) is 0.801. The number of nitrogens with zero attached hydrogens (tertiary/aromatic N) is 1. The van der Waals surface area contributed by atoms with Crippen molar-refractivity contribution in [1.29, 1.82) is 0 Å². The zero-order valence-electron chi connectivity index (χ0n) is 6.58. The van der Waals surface area contributed by atoms with Crippen LogP contribution in [-0.2, 0) is 6.42 Å². The zero-order chi connectivity index (χ0) is 8.39. The highest BCUT2D eigenvalue weighted by Gasteiger charge is 2.18. The highest BCUT2D eigenvalue weighted by atomic mass is 32.2. The first-order valence-corrected chi connectivity index (χ1v) is 5.05. The average molecular weight is 186 g/mol. The second-order valence-corrected chi connectivity index (χ2v) is 4.26. The Balaban J connectivity index is 1.98. The van der Waals surface area contributed by atoms with Crippen LogP contribution < -0.4 is 5.69 Å². The molecule has 1 aliphatic rings. The Morgan fingerprint density at radius 1 is 1.75 bits per heavy atom. The summed E-state index contributed by atoms with van der Waals surface area (Å²) in [5, 5.41) is 2.79. The van der Waals surface area contributed by atoms with Crippen molar-refractivity contribution in [3.05, 3.63) is 16.4 Å². The third-order valence-electron chi connectivity index (χ3n) is 1.91. The molecule has 1 saturated heterocycles. The third kappa shape index (κ3) is 1.72. The molecule has 0 spiro atoms. The normalized spacial score (nSPS) is 23.2. The summed E-state index contributed by atoms with van der Waals surface area (Å²) in [7, 11) is 0. The van der Waals surface area contributed by atoms with Gasteiger partial charge in [0.15, 0.2) is 0 Å². The van der Waals surface area contributed by atoms with E-state index in [1.807, 2.05) is 11.8 Å². The van der Waals surface area contributed by atoms with Crippen molar-refractivity contribution in [3.8, 4) is 0 Å². The van der Waals surface area contributed by atoms with Gasteiger partial charge in [-0.15, -0.1) is 0 Å². The van der Waals surface area contributed by atoms with E-state index in [9.17, 15) is 4.79 Å². The van der Waals surface area contributed by atoms with Crippen LogP contribution in [0.1, 0.15) is 18.7 Å². The molecule has 2 heterocycles. The summed E-state index contributed by atoms with van der Waals surface area (Å²) >= 11 is 1.93. The van der Waals surface area contributed by atoms with Gasteiger partial charge in [-0.2, -0.15) is 21.9 Å². The van der Waals surface area contributed by atoms with E-state index in [0.29, 0.717) is 11.1 Å². The Morgan fingerprint density at radius 2 is 2.67 bits per heavy atom. The molecule has 1 aliphatic heterocycles. The molecule has 1 unspecified atom stereocenters. The summed E-state index contributed by atoms with van der Waals surface area (Å²) < 4.78 is 4.86. The van der Waals surface area contributed by atoms with Crippen molar-refractivity contribution < 1.29 is 4.52 Å². The van der Waals surface area contributed by atoms with Crippen LogP contribution in [0.3, 0.4) is 0 Å². The van der Waals surface area contributed by atoms with Crippen molar-refractivity contribution in [3.63, 3.8) is 0 Å². The fourth-order valence-electron chi connectivity index (χ4n) is 1.35. The first-order valence-electron chi connectivity index (χ1n) is 4.00. The molecule has 1 aromatic rings. The number of rotatable bonds is 2. The van der Waals surface area contributed by atoms with Gasteiger partial charge in [0.05, 0.1) is 0 Å². The molecule has 12 heavy (non-hydrogen) atoms. The van der Waals surface area contributed by atoms with Crippen LogP contribution in [0, 0.1) is 0 Å². The van der Waals surface area contributed by atoms with Gasteiger partial charge in [-0.25, -0.2) is 4.79 Å². The summed E-state index contributed by atoms with van der Waals surface area (Å²) in [6.45, 7) is 0. The van der Waals surface area contributed by atoms with E-state index in [4.69, 9.17) is 4.52 Å². The van der Waals surface area contributed by atoms with Gasteiger partial charge in [-0.3, -0.25) is 0 Å². The zero-order valence-corrected chi connectivity index (χ0v) is 7.39. The van der Waals surface area contributed by atoms with Crippen molar-refractivity contribution in [2.75, 3.05) is 5.75 Å². The largest absolute Gasteiger partial charge is 0.377 e. The SMILES string of the molecule is O=c1nc(CC2CCCS2)o[nH]1. The van der Waals surface area contributed by atoms with Gasteiger partial charge in [0, 0.05) is 11.7 Å². The fourth-order valence-corrected chi connectivity index (χ4v) is 2.61. The summed E-state index contributed by atoms with van der Waals surface area (Å²) in [4.78, 5) is 14.3. The van der Waals surface area contributed by atoms with Gasteiger partial charge in [0.2, 0.25) is 5.89 Å². The summed E-state index contributed by atoms with van der Waals surface area (Å²) in [6.07, 6.45) is 3.26. The number of aromatic amines is 1. The Labute approximate surface area is 73.7 Å². The topological polar surface area (TPSA) is 58.9 Å². The molecular weight excluding hydrogens is 176 g/mol. The molecule has 1 fully saturated rings. The molecule has 0 radical (unpaired) electrons. The smallest absolute Gasteiger partial charge is 0.362 e. The summed E-state index contributed by atoms with van der Waals surface area (Å²) in [6, 6.07) is 0. The molecule has 4 nitrogen and oxygen atoms in total. The molecule has 0 saturated carbocycles. The Kier molecular flexibility index (Phi) is 2.21. The fraction of sp³-hybridized carbons (Fsp3) is 0.714. The molecule has 0 bridgehead atoms. The molecule has 66 valence electrons. The van der Waals surface area contributed by atoms with Crippen molar-refractivity contribution in [2.45, 2.75) is 24.5 Å². The number of aromatic nitrogens is 2.